The maximum atomic E-state index is 13.8. The molecule has 3 amide bonds. The molecule has 3 saturated carbocycles. The molecule has 3 aliphatic heterocycles. The Kier molecular flexibility index (Phi) is 4.67. The molecule has 0 aromatic carbocycles. The molecule has 31 heavy (non-hydrogen) atoms. The normalized spacial score (nSPS) is 39.9. The van der Waals surface area contributed by atoms with Gasteiger partial charge in [0.1, 0.15) is 11.6 Å². The van der Waals surface area contributed by atoms with E-state index in [0.717, 1.165) is 64.2 Å². The van der Waals surface area contributed by atoms with Crippen LogP contribution < -0.4 is 10.6 Å². The minimum atomic E-state index is -1.01. The zero-order valence-corrected chi connectivity index (χ0v) is 18.1. The zero-order valence-electron chi connectivity index (χ0n) is 18.1. The van der Waals surface area contributed by atoms with Crippen molar-refractivity contribution in [2.75, 3.05) is 0 Å². The molecule has 0 unspecified atom stereocenters. The van der Waals surface area contributed by atoms with Crippen LogP contribution in [0.5, 0.6) is 0 Å². The van der Waals surface area contributed by atoms with Gasteiger partial charge in [0.25, 0.3) is 0 Å². The lowest BCUT2D eigenvalue weighted by Gasteiger charge is -2.36. The smallest absolute Gasteiger partial charge is 0.246 e. The molecule has 7 heteroatoms. The number of ether oxygens (including phenoxy) is 1. The van der Waals surface area contributed by atoms with Gasteiger partial charge in [0.15, 0.2) is 0 Å². The van der Waals surface area contributed by atoms with E-state index < -0.39 is 29.6 Å². The van der Waals surface area contributed by atoms with Gasteiger partial charge in [-0.25, -0.2) is 0 Å². The average molecular weight is 428 g/mol. The predicted octanol–water partition coefficient (Wildman–Crippen LogP) is 1.81. The minimum Gasteiger partial charge on any atom is -0.359 e. The first kappa shape index (κ1) is 19.8. The van der Waals surface area contributed by atoms with Crippen LogP contribution in [-0.2, 0) is 19.1 Å². The number of rotatable bonds is 5. The van der Waals surface area contributed by atoms with Crippen LogP contribution in [-0.4, -0.2) is 58.5 Å². The first-order valence-electron chi connectivity index (χ1n) is 12.4. The van der Waals surface area contributed by atoms with E-state index in [2.05, 4.69) is 10.6 Å². The van der Waals surface area contributed by atoms with E-state index in [1.165, 1.54) is 6.42 Å². The Morgan fingerprint density at radius 1 is 0.903 bits per heavy atom. The molecular formula is C24H33N3O4. The minimum absolute atomic E-state index is 0.0570. The first-order chi connectivity index (χ1) is 15.1. The van der Waals surface area contributed by atoms with Crippen molar-refractivity contribution in [2.24, 2.45) is 11.8 Å². The third-order valence-corrected chi connectivity index (χ3v) is 8.46. The second kappa shape index (κ2) is 7.32. The fourth-order valence-electron chi connectivity index (χ4n) is 6.83. The first-order valence-corrected chi connectivity index (χ1v) is 12.4. The summed E-state index contributed by atoms with van der Waals surface area (Å²) in [5.74, 6) is -1.36. The van der Waals surface area contributed by atoms with Gasteiger partial charge in [-0.3, -0.25) is 14.4 Å². The molecule has 6 aliphatic rings. The Balaban J connectivity index is 1.33. The van der Waals surface area contributed by atoms with Crippen LogP contribution in [0.2, 0.25) is 0 Å². The number of nitrogens with one attached hydrogen (secondary N) is 2. The average Bonchev–Trinajstić information content (AvgIpc) is 3.14. The molecule has 1 spiro atoms. The Morgan fingerprint density at radius 2 is 1.55 bits per heavy atom. The van der Waals surface area contributed by atoms with Gasteiger partial charge in [0.05, 0.1) is 17.9 Å². The zero-order chi connectivity index (χ0) is 21.2. The molecule has 2 bridgehead atoms. The number of nitrogens with zero attached hydrogens (tertiary/aromatic N) is 1. The molecule has 0 radical (unpaired) electrons. The summed E-state index contributed by atoms with van der Waals surface area (Å²) in [6, 6.07) is -0.194. The van der Waals surface area contributed by atoms with Crippen LogP contribution in [0, 0.1) is 11.8 Å². The summed E-state index contributed by atoms with van der Waals surface area (Å²) in [4.78, 5) is 42.5. The van der Waals surface area contributed by atoms with Gasteiger partial charge in [0, 0.05) is 18.1 Å². The van der Waals surface area contributed by atoms with Crippen LogP contribution in [0.1, 0.15) is 70.6 Å². The highest BCUT2D eigenvalue weighted by molar-refractivity contribution is 6.00. The fourth-order valence-corrected chi connectivity index (χ4v) is 6.83. The highest BCUT2D eigenvalue weighted by Crippen LogP contribution is 2.56. The van der Waals surface area contributed by atoms with Crippen LogP contribution in [0.4, 0.5) is 0 Å². The number of carbonyl (C=O) groups is 3. The van der Waals surface area contributed by atoms with E-state index in [1.807, 2.05) is 17.1 Å². The second-order valence-corrected chi connectivity index (χ2v) is 10.5. The third kappa shape index (κ3) is 3.06. The molecular weight excluding hydrogens is 394 g/mol. The molecule has 2 saturated heterocycles. The second-order valence-electron chi connectivity index (χ2n) is 10.5. The quantitative estimate of drug-likeness (QED) is 0.655. The van der Waals surface area contributed by atoms with Gasteiger partial charge in [0.2, 0.25) is 17.7 Å². The molecule has 5 atom stereocenters. The summed E-state index contributed by atoms with van der Waals surface area (Å²) in [5.41, 5.74) is -1.01. The lowest BCUT2D eigenvalue weighted by Crippen LogP contribution is -2.58. The molecule has 3 heterocycles. The number of hydrogen-bond donors (Lipinski definition) is 2. The van der Waals surface area contributed by atoms with Crippen LogP contribution in [0.3, 0.4) is 0 Å². The number of fused-ring (bicyclic) bond motifs is 1. The molecule has 0 aromatic heterocycles. The Bertz CT molecular complexity index is 812. The third-order valence-electron chi connectivity index (χ3n) is 8.46. The summed E-state index contributed by atoms with van der Waals surface area (Å²) < 4.78 is 6.41. The summed E-state index contributed by atoms with van der Waals surface area (Å²) >= 11 is 0. The van der Waals surface area contributed by atoms with Gasteiger partial charge >= 0.3 is 0 Å². The monoisotopic (exact) mass is 427 g/mol. The molecule has 0 aromatic rings. The van der Waals surface area contributed by atoms with Crippen LogP contribution in [0.15, 0.2) is 12.2 Å². The van der Waals surface area contributed by atoms with Crippen molar-refractivity contribution >= 4 is 17.7 Å². The maximum Gasteiger partial charge on any atom is 0.246 e. The number of amides is 3. The summed E-state index contributed by atoms with van der Waals surface area (Å²) in [7, 11) is 0. The summed E-state index contributed by atoms with van der Waals surface area (Å²) in [6.45, 7) is 0. The lowest BCUT2D eigenvalue weighted by molar-refractivity contribution is -0.144. The van der Waals surface area contributed by atoms with E-state index in [9.17, 15) is 14.4 Å². The Hall–Kier alpha value is -1.89. The van der Waals surface area contributed by atoms with Gasteiger partial charge < -0.3 is 20.3 Å². The summed E-state index contributed by atoms with van der Waals surface area (Å²) in [6.07, 6.45) is 14.9. The number of hydrogen-bond acceptors (Lipinski definition) is 4. The van der Waals surface area contributed by atoms with Gasteiger partial charge in [-0.15, -0.1) is 0 Å². The molecule has 5 fully saturated rings. The Morgan fingerprint density at radius 3 is 2.26 bits per heavy atom. The molecule has 168 valence electrons. The van der Waals surface area contributed by atoms with E-state index in [0.29, 0.717) is 0 Å². The Labute approximate surface area is 183 Å². The van der Waals surface area contributed by atoms with Crippen molar-refractivity contribution in [1.82, 2.24) is 15.5 Å². The van der Waals surface area contributed by atoms with Gasteiger partial charge in [-0.1, -0.05) is 44.3 Å². The van der Waals surface area contributed by atoms with Crippen molar-refractivity contribution in [3.05, 3.63) is 12.2 Å². The van der Waals surface area contributed by atoms with Gasteiger partial charge in [-0.2, -0.15) is 0 Å². The maximum absolute atomic E-state index is 13.8. The topological polar surface area (TPSA) is 87.7 Å². The summed E-state index contributed by atoms with van der Waals surface area (Å²) in [5, 5.41) is 6.34. The van der Waals surface area contributed by atoms with E-state index >= 15 is 0 Å². The molecule has 6 rings (SSSR count). The van der Waals surface area contributed by atoms with Crippen molar-refractivity contribution in [3.63, 3.8) is 0 Å². The largest absolute Gasteiger partial charge is 0.359 e. The van der Waals surface area contributed by atoms with Crippen LogP contribution >= 0.6 is 0 Å². The van der Waals surface area contributed by atoms with Crippen molar-refractivity contribution in [1.29, 1.82) is 0 Å². The number of carbonyl (C=O) groups excluding carboxylic acids is 3. The molecule has 2 N–H and O–H groups in total. The van der Waals surface area contributed by atoms with E-state index in [1.54, 1.807) is 0 Å². The molecule has 7 nitrogen and oxygen atoms in total. The highest BCUT2D eigenvalue weighted by Gasteiger charge is 2.73. The van der Waals surface area contributed by atoms with E-state index in [-0.39, 0.29) is 35.8 Å². The number of likely N-dealkylation sites (tertiary alicyclic amines) is 1. The predicted molar refractivity (Wildman–Crippen MR) is 113 cm³/mol. The molecule has 3 aliphatic carbocycles. The SMILES string of the molecule is O=C(NC1CC1)[C@H]1[C@@H]2C=C[C@@]3(O2)[C@H](C(=O)NC2CCCCC2)N(C2CCCC2)C(=O)[C@@H]13. The van der Waals surface area contributed by atoms with Gasteiger partial charge in [-0.05, 0) is 38.5 Å². The van der Waals surface area contributed by atoms with Crippen molar-refractivity contribution in [2.45, 2.75) is 107 Å². The van der Waals surface area contributed by atoms with Crippen LogP contribution in [0.25, 0.3) is 0 Å². The fraction of sp³-hybridized carbons (Fsp3) is 0.792. The standard InChI is InChI=1S/C24H33N3O4/c28-21(25-15-10-11-15)18-17-12-13-24(31-17)19(18)23(30)27(16-8-4-5-9-16)20(24)22(29)26-14-6-2-1-3-7-14/h12-20H,1-11H2,(H,25,28)(H,26,29)/t17-,18-,19+,20-,24-/m0/s1. The van der Waals surface area contributed by atoms with E-state index in [4.69, 9.17) is 4.74 Å². The van der Waals surface area contributed by atoms with Crippen molar-refractivity contribution in [3.8, 4) is 0 Å². The highest BCUT2D eigenvalue weighted by atomic mass is 16.5. The van der Waals surface area contributed by atoms with Crippen molar-refractivity contribution < 1.29 is 19.1 Å². The lowest BCUT2D eigenvalue weighted by atomic mass is 9.74.